The number of thioether (sulfide) groups is 1. The molecule has 4 nitrogen and oxygen atoms in total. The highest BCUT2D eigenvalue weighted by Gasteiger charge is 2.38. The Hall–Kier alpha value is -2.79. The van der Waals surface area contributed by atoms with E-state index in [1.807, 2.05) is 60.9 Å². The van der Waals surface area contributed by atoms with Gasteiger partial charge >= 0.3 is 0 Å². The number of rotatable bonds is 4. The largest absolute Gasteiger partial charge is 0.361 e. The lowest BCUT2D eigenvalue weighted by Crippen LogP contribution is -2.32. The predicted molar refractivity (Wildman–Crippen MR) is 102 cm³/mol. The van der Waals surface area contributed by atoms with Gasteiger partial charge in [-0.2, -0.15) is 0 Å². The van der Waals surface area contributed by atoms with E-state index >= 15 is 0 Å². The first-order valence-corrected chi connectivity index (χ1v) is 9.24. The fourth-order valence-electron chi connectivity index (χ4n) is 3.06. The van der Waals surface area contributed by atoms with Crippen LogP contribution in [0.25, 0.3) is 0 Å². The maximum Gasteiger partial charge on any atom is 0.261 e. The van der Waals surface area contributed by atoms with Gasteiger partial charge in [-0.25, -0.2) is 4.98 Å². The minimum Gasteiger partial charge on any atom is -0.361 e. The number of hydrogen-bond acceptors (Lipinski definition) is 4. The van der Waals surface area contributed by atoms with Crippen LogP contribution in [0.3, 0.4) is 0 Å². The molecule has 0 bridgehead atoms. The van der Waals surface area contributed by atoms with E-state index in [4.69, 9.17) is 0 Å². The average molecular weight is 347 g/mol. The Labute approximate surface area is 150 Å². The van der Waals surface area contributed by atoms with Gasteiger partial charge < -0.3 is 5.32 Å². The van der Waals surface area contributed by atoms with Crippen molar-refractivity contribution in [3.8, 4) is 0 Å². The summed E-state index contributed by atoms with van der Waals surface area (Å²) in [6.45, 7) is 0. The second-order valence-electron chi connectivity index (χ2n) is 5.73. The Morgan fingerprint density at radius 2 is 1.88 bits per heavy atom. The number of pyridine rings is 1. The number of carbonyl (C=O) groups excluding carboxylic acids is 1. The molecule has 1 aromatic heterocycles. The van der Waals surface area contributed by atoms with Crippen molar-refractivity contribution in [1.82, 2.24) is 4.98 Å². The Balaban J connectivity index is 1.77. The average Bonchev–Trinajstić information content (AvgIpc) is 2.95. The van der Waals surface area contributed by atoms with Crippen LogP contribution in [0.5, 0.6) is 0 Å². The van der Waals surface area contributed by atoms with Gasteiger partial charge in [-0.3, -0.25) is 9.69 Å². The van der Waals surface area contributed by atoms with Gasteiger partial charge in [-0.1, -0.05) is 30.3 Å². The Bertz CT molecular complexity index is 914. The molecular weight excluding hydrogens is 330 g/mol. The summed E-state index contributed by atoms with van der Waals surface area (Å²) in [6.07, 6.45) is 3.47. The van der Waals surface area contributed by atoms with Gasteiger partial charge in [-0.05, 0) is 42.7 Å². The van der Waals surface area contributed by atoms with E-state index in [0.717, 1.165) is 11.3 Å². The van der Waals surface area contributed by atoms with Crippen LogP contribution in [0, 0.1) is 0 Å². The van der Waals surface area contributed by atoms with Gasteiger partial charge in [0.2, 0.25) is 0 Å². The van der Waals surface area contributed by atoms with Crippen LogP contribution < -0.4 is 10.2 Å². The summed E-state index contributed by atoms with van der Waals surface area (Å²) in [5, 5.41) is 3.50. The summed E-state index contributed by atoms with van der Waals surface area (Å²) >= 11 is 1.69. The second-order valence-corrected chi connectivity index (χ2v) is 6.61. The fourth-order valence-corrected chi connectivity index (χ4v) is 3.52. The number of hydrogen-bond donors (Lipinski definition) is 1. The lowest BCUT2D eigenvalue weighted by molar-refractivity contribution is 0.0992. The van der Waals surface area contributed by atoms with Gasteiger partial charge in [0, 0.05) is 27.9 Å². The van der Waals surface area contributed by atoms with Crippen LogP contribution in [0.4, 0.5) is 11.5 Å². The number of benzene rings is 2. The van der Waals surface area contributed by atoms with Crippen LogP contribution in [0.2, 0.25) is 0 Å². The molecule has 0 spiro atoms. The molecule has 1 aliphatic heterocycles. The third kappa shape index (κ3) is 2.87. The van der Waals surface area contributed by atoms with Gasteiger partial charge in [0.15, 0.2) is 0 Å². The lowest BCUT2D eigenvalue weighted by atomic mass is 10.1. The minimum absolute atomic E-state index is 0.0344. The molecule has 25 heavy (non-hydrogen) atoms. The van der Waals surface area contributed by atoms with E-state index in [2.05, 4.69) is 22.4 Å². The van der Waals surface area contributed by atoms with Crippen molar-refractivity contribution >= 4 is 29.2 Å². The van der Waals surface area contributed by atoms with Crippen LogP contribution in [0.15, 0.2) is 77.8 Å². The molecule has 1 N–H and O–H groups in total. The monoisotopic (exact) mass is 347 g/mol. The van der Waals surface area contributed by atoms with Crippen molar-refractivity contribution in [2.45, 2.75) is 11.1 Å². The molecule has 5 heteroatoms. The molecule has 1 aliphatic rings. The number of nitrogens with one attached hydrogen (secondary N) is 1. The van der Waals surface area contributed by atoms with E-state index in [9.17, 15) is 4.79 Å². The number of fused-ring (bicyclic) bond motifs is 1. The van der Waals surface area contributed by atoms with Gasteiger partial charge in [-0.15, -0.1) is 11.8 Å². The van der Waals surface area contributed by atoms with Crippen molar-refractivity contribution in [1.29, 1.82) is 0 Å². The number of carbonyl (C=O) groups is 1. The Morgan fingerprint density at radius 1 is 1.04 bits per heavy atom. The van der Waals surface area contributed by atoms with Crippen molar-refractivity contribution in [3.63, 3.8) is 0 Å². The summed E-state index contributed by atoms with van der Waals surface area (Å²) in [7, 11) is 0. The summed E-state index contributed by atoms with van der Waals surface area (Å²) in [5.74, 6) is 0.607. The first-order chi connectivity index (χ1) is 12.3. The van der Waals surface area contributed by atoms with Crippen LogP contribution in [-0.2, 0) is 0 Å². The quantitative estimate of drug-likeness (QED) is 0.702. The lowest BCUT2D eigenvalue weighted by Gasteiger charge is -2.26. The van der Waals surface area contributed by atoms with Gasteiger partial charge in [0.25, 0.3) is 5.91 Å². The molecule has 0 saturated heterocycles. The molecule has 2 heterocycles. The minimum atomic E-state index is -0.282. The van der Waals surface area contributed by atoms with Crippen molar-refractivity contribution in [2.75, 3.05) is 16.5 Å². The zero-order chi connectivity index (χ0) is 17.2. The molecule has 124 valence electrons. The maximum atomic E-state index is 13.0. The van der Waals surface area contributed by atoms with Crippen LogP contribution >= 0.6 is 11.8 Å². The zero-order valence-corrected chi connectivity index (χ0v) is 14.5. The van der Waals surface area contributed by atoms with Crippen LogP contribution in [-0.4, -0.2) is 17.1 Å². The topological polar surface area (TPSA) is 45.2 Å². The highest BCUT2D eigenvalue weighted by molar-refractivity contribution is 7.98. The van der Waals surface area contributed by atoms with E-state index in [0.29, 0.717) is 11.4 Å². The molecule has 0 fully saturated rings. The molecule has 0 saturated carbocycles. The molecule has 1 amide bonds. The highest BCUT2D eigenvalue weighted by Crippen LogP contribution is 2.37. The third-order valence-electron chi connectivity index (χ3n) is 4.23. The molecule has 2 aromatic carbocycles. The Kier molecular flexibility index (Phi) is 4.15. The van der Waals surface area contributed by atoms with E-state index in [1.54, 1.807) is 22.9 Å². The van der Waals surface area contributed by atoms with E-state index in [-0.39, 0.29) is 12.1 Å². The smallest absolute Gasteiger partial charge is 0.261 e. The van der Waals surface area contributed by atoms with E-state index < -0.39 is 0 Å². The number of amides is 1. The van der Waals surface area contributed by atoms with Crippen LogP contribution in [0.1, 0.15) is 22.1 Å². The Morgan fingerprint density at radius 3 is 2.68 bits per heavy atom. The molecule has 1 atom stereocenters. The van der Waals surface area contributed by atoms with Crippen molar-refractivity contribution in [2.24, 2.45) is 0 Å². The van der Waals surface area contributed by atoms with Gasteiger partial charge in [0.1, 0.15) is 12.0 Å². The predicted octanol–water partition coefficient (Wildman–Crippen LogP) is 4.57. The van der Waals surface area contributed by atoms with Crippen molar-refractivity contribution in [3.05, 3.63) is 84.1 Å². The van der Waals surface area contributed by atoms with Gasteiger partial charge in [0.05, 0.1) is 0 Å². The summed E-state index contributed by atoms with van der Waals surface area (Å²) in [5.41, 5.74) is 2.65. The molecule has 0 aliphatic carbocycles. The number of aromatic nitrogens is 1. The number of anilines is 2. The molecule has 3 aromatic rings. The molecule has 0 radical (unpaired) electrons. The maximum absolute atomic E-state index is 13.0. The summed E-state index contributed by atoms with van der Waals surface area (Å²) in [4.78, 5) is 20.2. The first-order valence-electron chi connectivity index (χ1n) is 8.02. The molecule has 0 unspecified atom stereocenters. The van der Waals surface area contributed by atoms with Crippen molar-refractivity contribution < 1.29 is 4.79 Å². The molecular formula is C20H17N3OS. The second kappa shape index (κ2) is 6.61. The third-order valence-corrected chi connectivity index (χ3v) is 4.96. The summed E-state index contributed by atoms with van der Waals surface area (Å²) in [6, 6.07) is 21.5. The standard InChI is InChI=1S/C20H17N3OS/c1-25-15-8-6-7-14(13-15)22-19-16-9-2-3-10-17(16)20(24)23(19)18-11-4-5-12-21-18/h2-13,19,22H,1H3/t19-/m1/s1. The normalized spacial score (nSPS) is 16.0. The first kappa shape index (κ1) is 15.7. The summed E-state index contributed by atoms with van der Waals surface area (Å²) < 4.78 is 0. The van der Waals surface area contributed by atoms with E-state index in [1.165, 1.54) is 4.90 Å². The molecule has 4 rings (SSSR count). The zero-order valence-electron chi connectivity index (χ0n) is 13.7. The highest BCUT2D eigenvalue weighted by atomic mass is 32.2. The fraction of sp³-hybridized carbons (Fsp3) is 0.100. The SMILES string of the molecule is CSc1cccc(N[C@H]2c3ccccc3C(=O)N2c2ccccn2)c1. The number of nitrogens with zero attached hydrogens (tertiary/aromatic N) is 2.